The second-order valence-corrected chi connectivity index (χ2v) is 4.01. The first-order chi connectivity index (χ1) is 8.88. The molecule has 8 heteroatoms. The van der Waals surface area contributed by atoms with Crippen LogP contribution >= 0.6 is 0 Å². The quantitative estimate of drug-likeness (QED) is 0.818. The van der Waals surface area contributed by atoms with Gasteiger partial charge in [0.25, 0.3) is 5.91 Å². The van der Waals surface area contributed by atoms with Crippen LogP contribution in [-0.2, 0) is 11.0 Å². The molecule has 102 valence electrons. The molecular formula is C11H10F3N3O2. The molecule has 0 saturated carbocycles. The second-order valence-electron chi connectivity index (χ2n) is 4.01. The van der Waals surface area contributed by atoms with Crippen LogP contribution in [0.1, 0.15) is 16.1 Å². The molecular weight excluding hydrogens is 263 g/mol. The number of hydrogen-bond donors (Lipinski definition) is 1. The fourth-order valence-electron chi connectivity index (χ4n) is 1.66. The third-order valence-corrected chi connectivity index (χ3v) is 2.64. The molecule has 2 heterocycles. The number of nitrogens with zero attached hydrogens (tertiary/aromatic N) is 2. The van der Waals surface area contributed by atoms with Crippen molar-refractivity contribution in [3.8, 4) is 0 Å². The molecule has 0 spiro atoms. The summed E-state index contributed by atoms with van der Waals surface area (Å²) < 4.78 is 37.0. The van der Waals surface area contributed by atoms with Crippen molar-refractivity contribution < 1.29 is 22.8 Å². The Bertz CT molecular complexity index is 499. The highest BCUT2D eigenvalue weighted by atomic mass is 19.4. The van der Waals surface area contributed by atoms with Crippen LogP contribution in [0.3, 0.4) is 0 Å². The van der Waals surface area contributed by atoms with Gasteiger partial charge in [0.2, 0.25) is 5.91 Å². The Kier molecular flexibility index (Phi) is 3.41. The molecule has 1 fully saturated rings. The van der Waals surface area contributed by atoms with E-state index in [1.807, 2.05) is 0 Å². The fraction of sp³-hybridized carbons (Fsp3) is 0.364. The molecule has 0 unspecified atom stereocenters. The van der Waals surface area contributed by atoms with E-state index in [4.69, 9.17) is 0 Å². The Morgan fingerprint density at radius 2 is 2.11 bits per heavy atom. The maximum atomic E-state index is 12.3. The first-order valence-electron chi connectivity index (χ1n) is 5.47. The van der Waals surface area contributed by atoms with Gasteiger partial charge in [-0.05, 0) is 12.1 Å². The number of nitrogens with one attached hydrogen (secondary N) is 1. The van der Waals surface area contributed by atoms with Crippen molar-refractivity contribution in [2.24, 2.45) is 0 Å². The van der Waals surface area contributed by atoms with Crippen LogP contribution in [-0.4, -0.2) is 41.3 Å². The molecule has 1 aliphatic rings. The van der Waals surface area contributed by atoms with Crippen LogP contribution in [0.5, 0.6) is 0 Å². The number of rotatable bonds is 1. The van der Waals surface area contributed by atoms with Crippen LogP contribution < -0.4 is 5.32 Å². The highest BCUT2D eigenvalue weighted by molar-refractivity contribution is 5.95. The smallest absolute Gasteiger partial charge is 0.353 e. The summed E-state index contributed by atoms with van der Waals surface area (Å²) in [5.41, 5.74) is -1.02. The van der Waals surface area contributed by atoms with Gasteiger partial charge in [-0.1, -0.05) is 0 Å². The number of aromatic nitrogens is 1. The molecule has 0 atom stereocenters. The number of carbonyl (C=O) groups is 2. The van der Waals surface area contributed by atoms with Crippen molar-refractivity contribution in [2.75, 3.05) is 19.6 Å². The van der Waals surface area contributed by atoms with E-state index in [0.717, 1.165) is 12.1 Å². The summed E-state index contributed by atoms with van der Waals surface area (Å²) in [5, 5.41) is 2.55. The van der Waals surface area contributed by atoms with E-state index in [9.17, 15) is 22.8 Å². The molecule has 5 nitrogen and oxygen atoms in total. The highest BCUT2D eigenvalue weighted by Crippen LogP contribution is 2.28. The summed E-state index contributed by atoms with van der Waals surface area (Å²) in [6, 6.07) is 1.81. The Morgan fingerprint density at radius 1 is 1.37 bits per heavy atom. The molecule has 1 N–H and O–H groups in total. The van der Waals surface area contributed by atoms with Crippen molar-refractivity contribution in [3.63, 3.8) is 0 Å². The lowest BCUT2D eigenvalue weighted by Gasteiger charge is -2.26. The van der Waals surface area contributed by atoms with E-state index in [1.165, 1.54) is 4.90 Å². The molecule has 19 heavy (non-hydrogen) atoms. The van der Waals surface area contributed by atoms with Gasteiger partial charge in [-0.3, -0.25) is 14.6 Å². The SMILES string of the molecule is O=C1CN(C(=O)c2ccc(C(F)(F)F)cn2)CCN1. The fourth-order valence-corrected chi connectivity index (χ4v) is 1.66. The topological polar surface area (TPSA) is 62.3 Å². The lowest BCUT2D eigenvalue weighted by atomic mass is 10.2. The lowest BCUT2D eigenvalue weighted by molar-refractivity contribution is -0.137. The number of alkyl halides is 3. The summed E-state index contributed by atoms with van der Waals surface area (Å²) in [6.45, 7) is 0.528. The van der Waals surface area contributed by atoms with Gasteiger partial charge in [-0.15, -0.1) is 0 Å². The van der Waals surface area contributed by atoms with Crippen molar-refractivity contribution in [1.82, 2.24) is 15.2 Å². The number of halogens is 3. The minimum atomic E-state index is -4.49. The molecule has 0 aromatic carbocycles. The zero-order valence-electron chi connectivity index (χ0n) is 9.70. The monoisotopic (exact) mass is 273 g/mol. The lowest BCUT2D eigenvalue weighted by Crippen LogP contribution is -2.50. The van der Waals surface area contributed by atoms with Crippen molar-refractivity contribution in [2.45, 2.75) is 6.18 Å². The normalized spacial score (nSPS) is 16.2. The van der Waals surface area contributed by atoms with Gasteiger partial charge in [0, 0.05) is 19.3 Å². The van der Waals surface area contributed by atoms with Crippen LogP contribution in [0.4, 0.5) is 13.2 Å². The van der Waals surface area contributed by atoms with Crippen LogP contribution in [0.2, 0.25) is 0 Å². The van der Waals surface area contributed by atoms with Crippen LogP contribution in [0.25, 0.3) is 0 Å². The second kappa shape index (κ2) is 4.87. The van der Waals surface area contributed by atoms with Crippen LogP contribution in [0, 0.1) is 0 Å². The molecule has 0 bridgehead atoms. The Balaban J connectivity index is 2.13. The number of piperazine rings is 1. The first kappa shape index (κ1) is 13.3. The standard InChI is InChI=1S/C11H10F3N3O2/c12-11(13,14)7-1-2-8(16-5-7)10(19)17-4-3-15-9(18)6-17/h1-2,5H,3-4,6H2,(H,15,18). The zero-order valence-corrected chi connectivity index (χ0v) is 9.70. The molecule has 0 radical (unpaired) electrons. The predicted octanol–water partition coefficient (Wildman–Crippen LogP) is 0.672. The minimum absolute atomic E-state index is 0.109. The molecule has 2 amide bonds. The largest absolute Gasteiger partial charge is 0.417 e. The average molecular weight is 273 g/mol. The molecule has 2 rings (SSSR count). The van der Waals surface area contributed by atoms with Gasteiger partial charge in [0.05, 0.1) is 12.1 Å². The summed E-state index contributed by atoms with van der Waals surface area (Å²) in [4.78, 5) is 27.8. The van der Waals surface area contributed by atoms with E-state index >= 15 is 0 Å². The van der Waals surface area contributed by atoms with Crippen molar-refractivity contribution >= 4 is 11.8 Å². The van der Waals surface area contributed by atoms with E-state index in [-0.39, 0.29) is 18.1 Å². The maximum Gasteiger partial charge on any atom is 0.417 e. The van der Waals surface area contributed by atoms with E-state index in [0.29, 0.717) is 19.3 Å². The summed E-state index contributed by atoms with van der Waals surface area (Å²) in [7, 11) is 0. The Morgan fingerprint density at radius 3 is 2.63 bits per heavy atom. The molecule has 0 aliphatic carbocycles. The Labute approximate surface area is 106 Å². The van der Waals surface area contributed by atoms with Gasteiger partial charge in [0.15, 0.2) is 0 Å². The summed E-state index contributed by atoms with van der Waals surface area (Å²) in [6.07, 6.45) is -3.88. The van der Waals surface area contributed by atoms with Gasteiger partial charge in [-0.2, -0.15) is 13.2 Å². The van der Waals surface area contributed by atoms with Crippen molar-refractivity contribution in [3.05, 3.63) is 29.6 Å². The predicted molar refractivity (Wildman–Crippen MR) is 58.2 cm³/mol. The third kappa shape index (κ3) is 3.01. The molecule has 1 aromatic heterocycles. The Hall–Kier alpha value is -2.12. The summed E-state index contributed by atoms with van der Waals surface area (Å²) in [5.74, 6) is -0.852. The first-order valence-corrected chi connectivity index (χ1v) is 5.47. The van der Waals surface area contributed by atoms with E-state index in [2.05, 4.69) is 10.3 Å². The number of amides is 2. The molecule has 1 aliphatic heterocycles. The number of pyridine rings is 1. The minimum Gasteiger partial charge on any atom is -0.353 e. The van der Waals surface area contributed by atoms with E-state index < -0.39 is 17.6 Å². The van der Waals surface area contributed by atoms with Crippen molar-refractivity contribution in [1.29, 1.82) is 0 Å². The maximum absolute atomic E-state index is 12.3. The molecule has 1 aromatic rings. The third-order valence-electron chi connectivity index (χ3n) is 2.64. The van der Waals surface area contributed by atoms with Gasteiger partial charge in [-0.25, -0.2) is 0 Å². The van der Waals surface area contributed by atoms with Gasteiger partial charge in [0.1, 0.15) is 5.69 Å². The van der Waals surface area contributed by atoms with E-state index in [1.54, 1.807) is 0 Å². The zero-order chi connectivity index (χ0) is 14.0. The molecule has 1 saturated heterocycles. The van der Waals surface area contributed by atoms with Gasteiger partial charge >= 0.3 is 6.18 Å². The highest BCUT2D eigenvalue weighted by Gasteiger charge is 2.31. The van der Waals surface area contributed by atoms with Crippen LogP contribution in [0.15, 0.2) is 18.3 Å². The number of carbonyl (C=O) groups excluding carboxylic acids is 2. The van der Waals surface area contributed by atoms with Gasteiger partial charge < -0.3 is 10.2 Å². The number of hydrogen-bond acceptors (Lipinski definition) is 3. The average Bonchev–Trinajstić information content (AvgIpc) is 2.37. The summed E-state index contributed by atoms with van der Waals surface area (Å²) >= 11 is 0.